The number of nitrogens with zero attached hydrogens (tertiary/aromatic N) is 2. The minimum absolute atomic E-state index is 0.377. The predicted octanol–water partition coefficient (Wildman–Crippen LogP) is 0.954. The summed E-state index contributed by atoms with van der Waals surface area (Å²) in [6, 6.07) is 2.45. The fraction of sp³-hybridized carbons (Fsp3) is 0.727. The van der Waals surface area contributed by atoms with Gasteiger partial charge >= 0.3 is 0 Å². The standard InChI is InChI=1S/C11H17N3O/c1-2-9(1)7-15-8-11-6-12-5-10-3-4-13-14(10)11/h3-4,9,11-12H,1-2,5-8H2. The summed E-state index contributed by atoms with van der Waals surface area (Å²) in [5, 5.41) is 7.74. The van der Waals surface area contributed by atoms with Gasteiger partial charge in [0, 0.05) is 25.9 Å². The molecule has 1 aromatic heterocycles. The molecule has 1 saturated carbocycles. The predicted molar refractivity (Wildman–Crippen MR) is 56.5 cm³/mol. The Morgan fingerprint density at radius 3 is 3.27 bits per heavy atom. The lowest BCUT2D eigenvalue weighted by Gasteiger charge is -2.25. The highest BCUT2D eigenvalue weighted by Gasteiger charge is 2.23. The number of ether oxygens (including phenoxy) is 1. The average molecular weight is 207 g/mol. The van der Waals surface area contributed by atoms with Crippen LogP contribution in [-0.2, 0) is 11.3 Å². The second-order valence-corrected chi connectivity index (χ2v) is 4.53. The van der Waals surface area contributed by atoms with Crippen molar-refractivity contribution < 1.29 is 4.74 Å². The molecule has 82 valence electrons. The van der Waals surface area contributed by atoms with Gasteiger partial charge in [-0.15, -0.1) is 0 Å². The quantitative estimate of drug-likeness (QED) is 0.799. The minimum atomic E-state index is 0.377. The Hall–Kier alpha value is -0.870. The van der Waals surface area contributed by atoms with Gasteiger partial charge in [-0.1, -0.05) is 0 Å². The van der Waals surface area contributed by atoms with Gasteiger partial charge in [-0.25, -0.2) is 0 Å². The average Bonchev–Trinajstić information content (AvgIpc) is 2.95. The van der Waals surface area contributed by atoms with Crippen LogP contribution in [0.2, 0.25) is 0 Å². The van der Waals surface area contributed by atoms with Crippen LogP contribution in [-0.4, -0.2) is 29.5 Å². The molecule has 0 amide bonds. The SMILES string of the molecule is c1cc2n(n1)C(COCC1CC1)CNC2. The molecule has 1 aliphatic heterocycles. The summed E-state index contributed by atoms with van der Waals surface area (Å²) in [7, 11) is 0. The van der Waals surface area contributed by atoms with Gasteiger partial charge in [0.25, 0.3) is 0 Å². The molecule has 1 N–H and O–H groups in total. The maximum atomic E-state index is 5.72. The summed E-state index contributed by atoms with van der Waals surface area (Å²) in [6.07, 6.45) is 4.59. The molecule has 1 atom stereocenters. The van der Waals surface area contributed by atoms with Crippen molar-refractivity contribution in [3.8, 4) is 0 Å². The molecule has 15 heavy (non-hydrogen) atoms. The zero-order chi connectivity index (χ0) is 10.1. The number of hydrogen-bond acceptors (Lipinski definition) is 3. The van der Waals surface area contributed by atoms with Gasteiger partial charge in [0.2, 0.25) is 0 Å². The Labute approximate surface area is 89.6 Å². The van der Waals surface area contributed by atoms with Gasteiger partial charge in [-0.05, 0) is 24.8 Å². The Morgan fingerprint density at radius 2 is 2.40 bits per heavy atom. The lowest BCUT2D eigenvalue weighted by Crippen LogP contribution is -2.36. The molecule has 2 heterocycles. The van der Waals surface area contributed by atoms with E-state index in [2.05, 4.69) is 21.2 Å². The number of rotatable bonds is 4. The molecule has 1 aliphatic carbocycles. The van der Waals surface area contributed by atoms with E-state index in [9.17, 15) is 0 Å². The maximum absolute atomic E-state index is 5.72. The van der Waals surface area contributed by atoms with Gasteiger partial charge in [-0.2, -0.15) is 5.10 Å². The molecule has 1 aromatic rings. The smallest absolute Gasteiger partial charge is 0.0880 e. The molecule has 0 saturated heterocycles. The van der Waals surface area contributed by atoms with Gasteiger partial charge < -0.3 is 10.1 Å². The van der Waals surface area contributed by atoms with E-state index in [0.717, 1.165) is 32.2 Å². The van der Waals surface area contributed by atoms with Gasteiger partial charge in [0.05, 0.1) is 18.3 Å². The molecule has 4 heteroatoms. The van der Waals surface area contributed by atoms with Crippen LogP contribution < -0.4 is 5.32 Å². The van der Waals surface area contributed by atoms with Crippen molar-refractivity contribution in [1.82, 2.24) is 15.1 Å². The first-order valence-electron chi connectivity index (χ1n) is 5.74. The third-order valence-electron chi connectivity index (χ3n) is 3.14. The second-order valence-electron chi connectivity index (χ2n) is 4.53. The topological polar surface area (TPSA) is 39.1 Å². The van der Waals surface area contributed by atoms with E-state index in [0.29, 0.717) is 6.04 Å². The minimum Gasteiger partial charge on any atom is -0.379 e. The van der Waals surface area contributed by atoms with Crippen molar-refractivity contribution in [1.29, 1.82) is 0 Å². The van der Waals surface area contributed by atoms with E-state index in [1.165, 1.54) is 18.5 Å². The van der Waals surface area contributed by atoms with Gasteiger partial charge in [-0.3, -0.25) is 4.68 Å². The van der Waals surface area contributed by atoms with E-state index < -0.39 is 0 Å². The van der Waals surface area contributed by atoms with Crippen molar-refractivity contribution in [2.24, 2.45) is 5.92 Å². The highest BCUT2D eigenvalue weighted by molar-refractivity contribution is 5.04. The first-order valence-corrected chi connectivity index (χ1v) is 5.74. The van der Waals surface area contributed by atoms with Crippen LogP contribution in [0.5, 0.6) is 0 Å². The van der Waals surface area contributed by atoms with Crippen molar-refractivity contribution in [2.75, 3.05) is 19.8 Å². The third kappa shape index (κ3) is 2.06. The number of hydrogen-bond donors (Lipinski definition) is 1. The Bertz CT molecular complexity index is 332. The molecular formula is C11H17N3O. The van der Waals surface area contributed by atoms with Crippen LogP contribution in [0.15, 0.2) is 12.3 Å². The van der Waals surface area contributed by atoms with Crippen molar-refractivity contribution >= 4 is 0 Å². The highest BCUT2D eigenvalue weighted by atomic mass is 16.5. The second kappa shape index (κ2) is 3.94. The number of nitrogens with one attached hydrogen (secondary N) is 1. The maximum Gasteiger partial charge on any atom is 0.0880 e. The van der Waals surface area contributed by atoms with Gasteiger partial charge in [0.1, 0.15) is 0 Å². The molecule has 0 spiro atoms. The van der Waals surface area contributed by atoms with Crippen LogP contribution in [0.1, 0.15) is 24.6 Å². The zero-order valence-electron chi connectivity index (χ0n) is 8.85. The van der Waals surface area contributed by atoms with Crippen LogP contribution >= 0.6 is 0 Å². The first kappa shape index (κ1) is 9.36. The lowest BCUT2D eigenvalue weighted by atomic mass is 10.2. The summed E-state index contributed by atoms with van der Waals surface area (Å²) < 4.78 is 7.82. The largest absolute Gasteiger partial charge is 0.379 e. The normalized spacial score (nSPS) is 25.2. The molecule has 1 fully saturated rings. The Kier molecular flexibility index (Phi) is 2.46. The van der Waals surface area contributed by atoms with E-state index in [4.69, 9.17) is 4.74 Å². The van der Waals surface area contributed by atoms with Crippen LogP contribution in [0.3, 0.4) is 0 Å². The van der Waals surface area contributed by atoms with Crippen molar-refractivity contribution in [3.63, 3.8) is 0 Å². The molecule has 0 aromatic carbocycles. The fourth-order valence-corrected chi connectivity index (χ4v) is 2.05. The Balaban J connectivity index is 1.57. The van der Waals surface area contributed by atoms with E-state index in [1.807, 2.05) is 6.20 Å². The van der Waals surface area contributed by atoms with Crippen LogP contribution in [0.4, 0.5) is 0 Å². The zero-order valence-corrected chi connectivity index (χ0v) is 8.85. The van der Waals surface area contributed by atoms with E-state index in [1.54, 1.807) is 0 Å². The van der Waals surface area contributed by atoms with E-state index in [-0.39, 0.29) is 0 Å². The summed E-state index contributed by atoms with van der Waals surface area (Å²) in [5.74, 6) is 0.846. The van der Waals surface area contributed by atoms with Crippen molar-refractivity contribution in [3.05, 3.63) is 18.0 Å². The third-order valence-corrected chi connectivity index (χ3v) is 3.14. The molecule has 3 rings (SSSR count). The monoisotopic (exact) mass is 207 g/mol. The molecule has 2 aliphatic rings. The lowest BCUT2D eigenvalue weighted by molar-refractivity contribution is 0.0850. The number of fused-ring (bicyclic) bond motifs is 1. The Morgan fingerprint density at radius 1 is 1.47 bits per heavy atom. The number of aromatic nitrogens is 2. The van der Waals surface area contributed by atoms with Crippen LogP contribution in [0.25, 0.3) is 0 Å². The molecule has 0 bridgehead atoms. The molecule has 0 radical (unpaired) electrons. The fourth-order valence-electron chi connectivity index (χ4n) is 2.05. The molecular weight excluding hydrogens is 190 g/mol. The summed E-state index contributed by atoms with van der Waals surface area (Å²) in [5.41, 5.74) is 1.27. The summed E-state index contributed by atoms with van der Waals surface area (Å²) in [6.45, 7) is 3.63. The van der Waals surface area contributed by atoms with E-state index >= 15 is 0 Å². The van der Waals surface area contributed by atoms with Gasteiger partial charge in [0.15, 0.2) is 0 Å². The van der Waals surface area contributed by atoms with Crippen molar-refractivity contribution in [2.45, 2.75) is 25.4 Å². The van der Waals surface area contributed by atoms with Crippen LogP contribution in [0, 0.1) is 5.92 Å². The highest BCUT2D eigenvalue weighted by Crippen LogP contribution is 2.29. The summed E-state index contributed by atoms with van der Waals surface area (Å²) in [4.78, 5) is 0. The summed E-state index contributed by atoms with van der Waals surface area (Å²) >= 11 is 0. The molecule has 1 unspecified atom stereocenters. The molecule has 4 nitrogen and oxygen atoms in total. The first-order chi connectivity index (χ1) is 7.43.